The monoisotopic (exact) mass is 330 g/mol. The van der Waals surface area contributed by atoms with Gasteiger partial charge in [-0.05, 0) is 37.9 Å². The smallest absolute Gasteiger partial charge is 0.223 e. The molecule has 0 bridgehead atoms. The molecule has 6 heteroatoms. The Kier molecular flexibility index (Phi) is 5.82. The van der Waals surface area contributed by atoms with E-state index in [-0.39, 0.29) is 0 Å². The zero-order valence-corrected chi connectivity index (χ0v) is 14.5. The highest BCUT2D eigenvalue weighted by Crippen LogP contribution is 2.16. The molecule has 0 saturated carbocycles. The first-order valence-corrected chi connectivity index (χ1v) is 8.64. The molecule has 0 amide bonds. The van der Waals surface area contributed by atoms with E-state index in [9.17, 15) is 0 Å². The maximum atomic E-state index is 5.84. The average molecular weight is 330 g/mol. The van der Waals surface area contributed by atoms with Crippen molar-refractivity contribution in [1.29, 1.82) is 0 Å². The van der Waals surface area contributed by atoms with Gasteiger partial charge in [0, 0.05) is 26.1 Å². The van der Waals surface area contributed by atoms with Crippen LogP contribution in [-0.4, -0.2) is 47.3 Å². The Balaban J connectivity index is 1.38. The van der Waals surface area contributed by atoms with Crippen molar-refractivity contribution in [1.82, 2.24) is 20.4 Å². The first-order valence-electron chi connectivity index (χ1n) is 8.64. The summed E-state index contributed by atoms with van der Waals surface area (Å²) in [5.41, 5.74) is 1.18. The van der Waals surface area contributed by atoms with Gasteiger partial charge in [-0.3, -0.25) is 4.90 Å². The summed E-state index contributed by atoms with van der Waals surface area (Å²) >= 11 is 0. The highest BCUT2D eigenvalue weighted by molar-refractivity contribution is 5.31. The standard InChI is InChI=1S/C18H26N4O2/c1-14-6-3-4-8-17(14)23-11-9-19-16-7-5-10-22(12-16)13-18-20-15(2)24-21-18/h3-4,6,8,16,19H,5,7,9-13H2,1-2H3. The Morgan fingerprint density at radius 3 is 3.00 bits per heavy atom. The minimum Gasteiger partial charge on any atom is -0.492 e. The Morgan fingerprint density at radius 2 is 2.21 bits per heavy atom. The number of aryl methyl sites for hydroxylation is 2. The van der Waals surface area contributed by atoms with Crippen LogP contribution in [-0.2, 0) is 6.54 Å². The normalized spacial score (nSPS) is 18.7. The van der Waals surface area contributed by atoms with Crippen LogP contribution in [0.1, 0.15) is 30.1 Å². The van der Waals surface area contributed by atoms with Gasteiger partial charge in [0.2, 0.25) is 5.89 Å². The Labute approximate surface area is 143 Å². The Hall–Kier alpha value is -1.92. The second-order valence-electron chi connectivity index (χ2n) is 6.37. The molecular formula is C18H26N4O2. The van der Waals surface area contributed by atoms with Crippen LogP contribution in [0.3, 0.4) is 0 Å². The van der Waals surface area contributed by atoms with Gasteiger partial charge in [0.15, 0.2) is 5.82 Å². The topological polar surface area (TPSA) is 63.4 Å². The molecule has 130 valence electrons. The second kappa shape index (κ2) is 8.26. The van der Waals surface area contributed by atoms with Gasteiger partial charge in [0.05, 0.1) is 6.54 Å². The van der Waals surface area contributed by atoms with E-state index in [1.54, 1.807) is 0 Å². The predicted octanol–water partition coefficient (Wildman–Crippen LogP) is 2.32. The van der Waals surface area contributed by atoms with Crippen LogP contribution >= 0.6 is 0 Å². The van der Waals surface area contributed by atoms with Crippen LogP contribution in [0.15, 0.2) is 28.8 Å². The minimum atomic E-state index is 0.493. The van der Waals surface area contributed by atoms with E-state index < -0.39 is 0 Å². The number of piperidine rings is 1. The zero-order valence-electron chi connectivity index (χ0n) is 14.5. The van der Waals surface area contributed by atoms with Crippen LogP contribution in [0, 0.1) is 13.8 Å². The van der Waals surface area contributed by atoms with E-state index in [4.69, 9.17) is 9.26 Å². The van der Waals surface area contributed by atoms with E-state index in [0.717, 1.165) is 37.8 Å². The Bertz CT molecular complexity index is 643. The lowest BCUT2D eigenvalue weighted by Gasteiger charge is -2.32. The van der Waals surface area contributed by atoms with Crippen molar-refractivity contribution in [2.24, 2.45) is 0 Å². The fourth-order valence-electron chi connectivity index (χ4n) is 3.11. The molecule has 0 aliphatic carbocycles. The van der Waals surface area contributed by atoms with Gasteiger partial charge in [-0.15, -0.1) is 0 Å². The molecule has 0 radical (unpaired) electrons. The van der Waals surface area contributed by atoms with Crippen molar-refractivity contribution >= 4 is 0 Å². The summed E-state index contributed by atoms with van der Waals surface area (Å²) in [6.07, 6.45) is 2.39. The summed E-state index contributed by atoms with van der Waals surface area (Å²) in [5.74, 6) is 2.37. The van der Waals surface area contributed by atoms with E-state index in [1.807, 2.05) is 25.1 Å². The van der Waals surface area contributed by atoms with Crippen molar-refractivity contribution in [3.63, 3.8) is 0 Å². The van der Waals surface area contributed by atoms with Crippen LogP contribution in [0.4, 0.5) is 0 Å². The summed E-state index contributed by atoms with van der Waals surface area (Å²) in [4.78, 5) is 6.67. The van der Waals surface area contributed by atoms with Gasteiger partial charge in [0.25, 0.3) is 0 Å². The van der Waals surface area contributed by atoms with Gasteiger partial charge in [-0.25, -0.2) is 0 Å². The van der Waals surface area contributed by atoms with E-state index >= 15 is 0 Å². The van der Waals surface area contributed by atoms with Crippen LogP contribution < -0.4 is 10.1 Å². The fourth-order valence-corrected chi connectivity index (χ4v) is 3.11. The van der Waals surface area contributed by atoms with Gasteiger partial charge in [0.1, 0.15) is 12.4 Å². The number of ether oxygens (including phenoxy) is 1. The van der Waals surface area contributed by atoms with Crippen LogP contribution in [0.5, 0.6) is 5.75 Å². The summed E-state index contributed by atoms with van der Waals surface area (Å²) in [7, 11) is 0. The molecule has 1 unspecified atom stereocenters. The van der Waals surface area contributed by atoms with E-state index in [0.29, 0.717) is 18.5 Å². The zero-order chi connectivity index (χ0) is 16.8. The lowest BCUT2D eigenvalue weighted by Crippen LogP contribution is -2.46. The Morgan fingerprint density at radius 1 is 1.33 bits per heavy atom. The number of likely N-dealkylation sites (tertiary alicyclic amines) is 1. The first kappa shape index (κ1) is 16.9. The molecule has 1 saturated heterocycles. The van der Waals surface area contributed by atoms with Gasteiger partial charge in [-0.2, -0.15) is 4.98 Å². The third-order valence-corrected chi connectivity index (χ3v) is 4.33. The fraction of sp³-hybridized carbons (Fsp3) is 0.556. The van der Waals surface area contributed by atoms with Crippen LogP contribution in [0.2, 0.25) is 0 Å². The number of benzene rings is 1. The van der Waals surface area contributed by atoms with E-state index in [2.05, 4.69) is 33.3 Å². The number of nitrogens with one attached hydrogen (secondary N) is 1. The predicted molar refractivity (Wildman–Crippen MR) is 92.0 cm³/mol. The van der Waals surface area contributed by atoms with E-state index in [1.165, 1.54) is 18.4 Å². The molecule has 2 heterocycles. The lowest BCUT2D eigenvalue weighted by atomic mass is 10.1. The summed E-state index contributed by atoms with van der Waals surface area (Å²) in [6, 6.07) is 8.62. The van der Waals surface area contributed by atoms with Gasteiger partial charge >= 0.3 is 0 Å². The molecule has 1 aliphatic heterocycles. The highest BCUT2D eigenvalue weighted by atomic mass is 16.5. The third-order valence-electron chi connectivity index (χ3n) is 4.33. The number of para-hydroxylation sites is 1. The van der Waals surface area contributed by atoms with Crippen molar-refractivity contribution in [3.8, 4) is 5.75 Å². The van der Waals surface area contributed by atoms with Gasteiger partial charge < -0.3 is 14.6 Å². The molecular weight excluding hydrogens is 304 g/mol. The first-order chi connectivity index (χ1) is 11.7. The molecule has 1 atom stereocenters. The number of aromatic nitrogens is 2. The molecule has 3 rings (SSSR count). The van der Waals surface area contributed by atoms with Gasteiger partial charge in [-0.1, -0.05) is 23.4 Å². The number of hydrogen-bond acceptors (Lipinski definition) is 6. The quantitative estimate of drug-likeness (QED) is 0.786. The average Bonchev–Trinajstić information content (AvgIpc) is 2.98. The summed E-state index contributed by atoms with van der Waals surface area (Å²) < 4.78 is 10.9. The van der Waals surface area contributed by atoms with Crippen molar-refractivity contribution in [3.05, 3.63) is 41.5 Å². The molecule has 1 fully saturated rings. The molecule has 1 aliphatic rings. The maximum absolute atomic E-state index is 5.84. The highest BCUT2D eigenvalue weighted by Gasteiger charge is 2.20. The lowest BCUT2D eigenvalue weighted by molar-refractivity contribution is 0.173. The number of hydrogen-bond donors (Lipinski definition) is 1. The molecule has 24 heavy (non-hydrogen) atoms. The summed E-state index contributed by atoms with van der Waals surface area (Å²) in [6.45, 7) is 8.30. The van der Waals surface area contributed by atoms with Crippen LogP contribution in [0.25, 0.3) is 0 Å². The van der Waals surface area contributed by atoms with Crippen molar-refractivity contribution in [2.45, 2.75) is 39.3 Å². The number of rotatable bonds is 7. The van der Waals surface area contributed by atoms with Crippen molar-refractivity contribution in [2.75, 3.05) is 26.2 Å². The molecule has 1 aromatic carbocycles. The molecule has 0 spiro atoms. The molecule has 1 N–H and O–H groups in total. The second-order valence-corrected chi connectivity index (χ2v) is 6.37. The largest absolute Gasteiger partial charge is 0.492 e. The number of nitrogens with zero attached hydrogens (tertiary/aromatic N) is 3. The third kappa shape index (κ3) is 4.79. The molecule has 2 aromatic rings. The molecule has 1 aromatic heterocycles. The molecule has 6 nitrogen and oxygen atoms in total. The minimum absolute atomic E-state index is 0.493. The summed E-state index contributed by atoms with van der Waals surface area (Å²) in [5, 5.41) is 7.59. The van der Waals surface area contributed by atoms with Crippen molar-refractivity contribution < 1.29 is 9.26 Å². The maximum Gasteiger partial charge on any atom is 0.223 e. The SMILES string of the molecule is Cc1nc(CN2CCCC(NCCOc3ccccc3C)C2)no1.